The minimum Gasteiger partial charge on any atom is -0.481 e. The molecule has 4 nitrogen and oxygen atoms in total. The number of carbonyl (C=O) groups excluding carboxylic acids is 1. The van der Waals surface area contributed by atoms with Crippen molar-refractivity contribution in [3.63, 3.8) is 0 Å². The zero-order valence-electron chi connectivity index (χ0n) is 10.2. The third kappa shape index (κ3) is 2.67. The van der Waals surface area contributed by atoms with E-state index in [1.807, 2.05) is 25.1 Å². The average Bonchev–Trinajstić information content (AvgIpc) is 2.73. The zero-order valence-corrected chi connectivity index (χ0v) is 11.0. The largest absolute Gasteiger partial charge is 0.481 e. The molecule has 0 fully saturated rings. The number of hydrogen-bond acceptors (Lipinski definition) is 3. The van der Waals surface area contributed by atoms with Gasteiger partial charge in [0.25, 0.3) is 0 Å². The summed E-state index contributed by atoms with van der Waals surface area (Å²) in [5, 5.41) is 8.55. The molecule has 0 aliphatic carbocycles. The summed E-state index contributed by atoms with van der Waals surface area (Å²) in [4.78, 5) is 24.2. The SMILES string of the molecule is Cc1cccc2c1N(C(=O)CSCC(=O)O)CC2. The van der Waals surface area contributed by atoms with E-state index in [0.717, 1.165) is 29.4 Å². The molecule has 0 aromatic heterocycles. The lowest BCUT2D eigenvalue weighted by Gasteiger charge is -2.18. The normalized spacial score (nSPS) is 13.5. The molecule has 18 heavy (non-hydrogen) atoms. The molecule has 0 saturated carbocycles. The smallest absolute Gasteiger partial charge is 0.313 e. The van der Waals surface area contributed by atoms with Crippen molar-refractivity contribution in [2.75, 3.05) is 23.0 Å². The van der Waals surface area contributed by atoms with Gasteiger partial charge >= 0.3 is 5.97 Å². The lowest BCUT2D eigenvalue weighted by molar-refractivity contribution is -0.133. The van der Waals surface area contributed by atoms with Crippen molar-refractivity contribution in [1.29, 1.82) is 0 Å². The molecule has 0 atom stereocenters. The summed E-state index contributed by atoms with van der Waals surface area (Å²) < 4.78 is 0. The van der Waals surface area contributed by atoms with E-state index in [9.17, 15) is 9.59 Å². The van der Waals surface area contributed by atoms with E-state index in [2.05, 4.69) is 0 Å². The highest BCUT2D eigenvalue weighted by Gasteiger charge is 2.25. The Morgan fingerprint density at radius 3 is 2.89 bits per heavy atom. The van der Waals surface area contributed by atoms with Crippen LogP contribution in [0.2, 0.25) is 0 Å². The fraction of sp³-hybridized carbons (Fsp3) is 0.385. The number of amides is 1. The van der Waals surface area contributed by atoms with Crippen LogP contribution >= 0.6 is 11.8 Å². The number of aliphatic carboxylic acids is 1. The number of anilines is 1. The van der Waals surface area contributed by atoms with Gasteiger partial charge in [-0.15, -0.1) is 11.8 Å². The molecule has 0 bridgehead atoms. The van der Waals surface area contributed by atoms with Crippen LogP contribution in [0, 0.1) is 6.92 Å². The van der Waals surface area contributed by atoms with Crippen LogP contribution in [0.15, 0.2) is 18.2 Å². The first kappa shape index (κ1) is 13.0. The number of para-hydroxylation sites is 1. The Bertz CT molecular complexity index is 487. The van der Waals surface area contributed by atoms with Crippen LogP contribution in [0.5, 0.6) is 0 Å². The molecule has 2 rings (SSSR count). The van der Waals surface area contributed by atoms with Crippen molar-refractivity contribution in [3.05, 3.63) is 29.3 Å². The van der Waals surface area contributed by atoms with Gasteiger partial charge in [0.15, 0.2) is 0 Å². The van der Waals surface area contributed by atoms with Crippen molar-refractivity contribution in [2.24, 2.45) is 0 Å². The first-order valence-electron chi connectivity index (χ1n) is 5.78. The highest BCUT2D eigenvalue weighted by molar-refractivity contribution is 8.00. The number of benzene rings is 1. The summed E-state index contributed by atoms with van der Waals surface area (Å²) in [6, 6.07) is 6.04. The number of rotatable bonds is 4. The van der Waals surface area contributed by atoms with Gasteiger partial charge in [0.1, 0.15) is 0 Å². The van der Waals surface area contributed by atoms with Crippen molar-refractivity contribution >= 4 is 29.3 Å². The molecule has 0 unspecified atom stereocenters. The van der Waals surface area contributed by atoms with Gasteiger partial charge in [0.05, 0.1) is 11.5 Å². The van der Waals surface area contributed by atoms with Crippen LogP contribution < -0.4 is 4.90 Å². The maximum Gasteiger partial charge on any atom is 0.313 e. The Morgan fingerprint density at radius 2 is 2.17 bits per heavy atom. The van der Waals surface area contributed by atoms with E-state index in [-0.39, 0.29) is 17.4 Å². The summed E-state index contributed by atoms with van der Waals surface area (Å²) in [7, 11) is 0. The highest BCUT2D eigenvalue weighted by Crippen LogP contribution is 2.31. The van der Waals surface area contributed by atoms with Crippen molar-refractivity contribution in [3.8, 4) is 0 Å². The molecule has 0 radical (unpaired) electrons. The lowest BCUT2D eigenvalue weighted by Crippen LogP contribution is -2.31. The Balaban J connectivity index is 2.04. The number of carboxylic acids is 1. The summed E-state index contributed by atoms with van der Waals surface area (Å²) in [5.74, 6) is -0.694. The maximum atomic E-state index is 12.1. The fourth-order valence-corrected chi connectivity index (χ4v) is 2.81. The first-order chi connectivity index (χ1) is 8.59. The number of thioether (sulfide) groups is 1. The number of carbonyl (C=O) groups is 2. The predicted octanol–water partition coefficient (Wildman–Crippen LogP) is 1.70. The van der Waals surface area contributed by atoms with Crippen molar-refractivity contribution < 1.29 is 14.7 Å². The molecular weight excluding hydrogens is 250 g/mol. The zero-order chi connectivity index (χ0) is 13.1. The van der Waals surface area contributed by atoms with Gasteiger partial charge in [-0.1, -0.05) is 18.2 Å². The molecular formula is C13H15NO3S. The Kier molecular flexibility index (Phi) is 3.91. The minimum atomic E-state index is -0.884. The van der Waals surface area contributed by atoms with Gasteiger partial charge < -0.3 is 10.0 Å². The van der Waals surface area contributed by atoms with Crippen molar-refractivity contribution in [2.45, 2.75) is 13.3 Å². The third-order valence-corrected chi connectivity index (χ3v) is 3.85. The van der Waals surface area contributed by atoms with E-state index in [0.29, 0.717) is 6.54 Å². The molecule has 1 aromatic rings. The quantitative estimate of drug-likeness (QED) is 0.900. The summed E-state index contributed by atoms with van der Waals surface area (Å²) in [5.41, 5.74) is 3.31. The highest BCUT2D eigenvalue weighted by atomic mass is 32.2. The standard InChI is InChI=1S/C13H15NO3S/c1-9-3-2-4-10-5-6-14(13(9)10)11(15)7-18-8-12(16)17/h2-4H,5-8H2,1H3,(H,16,17). The number of aryl methyl sites for hydroxylation is 1. The molecule has 0 spiro atoms. The van der Waals surface area contributed by atoms with E-state index in [1.165, 1.54) is 5.56 Å². The van der Waals surface area contributed by atoms with E-state index in [1.54, 1.807) is 4.90 Å². The summed E-state index contributed by atoms with van der Waals surface area (Å²) >= 11 is 1.15. The van der Waals surface area contributed by atoms with E-state index in [4.69, 9.17) is 5.11 Å². The molecule has 1 heterocycles. The predicted molar refractivity (Wildman–Crippen MR) is 72.2 cm³/mol. The monoisotopic (exact) mass is 265 g/mol. The first-order valence-corrected chi connectivity index (χ1v) is 6.93. The molecule has 1 aliphatic heterocycles. The lowest BCUT2D eigenvalue weighted by atomic mass is 10.1. The molecule has 5 heteroatoms. The van der Waals surface area contributed by atoms with Crippen LogP contribution in [0.25, 0.3) is 0 Å². The molecule has 1 aliphatic rings. The Morgan fingerprint density at radius 1 is 1.39 bits per heavy atom. The second kappa shape index (κ2) is 5.44. The van der Waals surface area contributed by atoms with E-state index < -0.39 is 5.97 Å². The second-order valence-corrected chi connectivity index (χ2v) is 5.25. The summed E-state index contributed by atoms with van der Waals surface area (Å²) in [6.07, 6.45) is 0.881. The van der Waals surface area contributed by atoms with Crippen LogP contribution in [-0.4, -0.2) is 35.0 Å². The fourth-order valence-electron chi connectivity index (χ4n) is 2.20. The number of fused-ring (bicyclic) bond motifs is 1. The van der Waals surface area contributed by atoms with Crippen LogP contribution in [0.1, 0.15) is 11.1 Å². The topological polar surface area (TPSA) is 57.6 Å². The van der Waals surface area contributed by atoms with Gasteiger partial charge in [-0.2, -0.15) is 0 Å². The molecule has 1 amide bonds. The maximum absolute atomic E-state index is 12.1. The summed E-state index contributed by atoms with van der Waals surface area (Å²) in [6.45, 7) is 2.70. The van der Waals surface area contributed by atoms with Crippen LogP contribution in [0.4, 0.5) is 5.69 Å². The van der Waals surface area contributed by atoms with Crippen LogP contribution in [0.3, 0.4) is 0 Å². The van der Waals surface area contributed by atoms with Gasteiger partial charge in [0.2, 0.25) is 5.91 Å². The average molecular weight is 265 g/mol. The molecule has 0 saturated heterocycles. The molecule has 1 N–H and O–H groups in total. The van der Waals surface area contributed by atoms with Crippen LogP contribution in [-0.2, 0) is 16.0 Å². The van der Waals surface area contributed by atoms with Crippen molar-refractivity contribution in [1.82, 2.24) is 0 Å². The van der Waals surface area contributed by atoms with Gasteiger partial charge in [0, 0.05) is 12.2 Å². The van der Waals surface area contributed by atoms with E-state index >= 15 is 0 Å². The number of carboxylic acid groups (broad SMARTS) is 1. The van der Waals surface area contributed by atoms with Gasteiger partial charge in [-0.25, -0.2) is 0 Å². The van der Waals surface area contributed by atoms with Gasteiger partial charge in [-0.3, -0.25) is 9.59 Å². The second-order valence-electron chi connectivity index (χ2n) is 4.26. The number of nitrogens with zero attached hydrogens (tertiary/aromatic N) is 1. The Labute approximate surface area is 110 Å². The molecule has 1 aromatic carbocycles. The number of hydrogen-bond donors (Lipinski definition) is 1. The third-order valence-electron chi connectivity index (χ3n) is 2.95. The molecule has 96 valence electrons. The van der Waals surface area contributed by atoms with Gasteiger partial charge in [-0.05, 0) is 24.5 Å². The minimum absolute atomic E-state index is 0.00528. The Hall–Kier alpha value is -1.49.